The van der Waals surface area contributed by atoms with Gasteiger partial charge in [-0.2, -0.15) is 0 Å². The van der Waals surface area contributed by atoms with Crippen molar-refractivity contribution < 1.29 is 14.3 Å². The number of carbonyl (C=O) groups is 1. The molecule has 1 aromatic rings. The predicted molar refractivity (Wildman–Crippen MR) is 73.9 cm³/mol. The number of methoxy groups -OCH3 is 1. The average Bonchev–Trinajstić information content (AvgIpc) is 2.40. The van der Waals surface area contributed by atoms with Crippen LogP contribution in [0.25, 0.3) is 0 Å². The van der Waals surface area contributed by atoms with Crippen molar-refractivity contribution in [2.24, 2.45) is 0 Å². The molecule has 1 amide bonds. The highest BCUT2D eigenvalue weighted by molar-refractivity contribution is 6.32. The van der Waals surface area contributed by atoms with Gasteiger partial charge in [0.1, 0.15) is 5.75 Å². The van der Waals surface area contributed by atoms with Crippen molar-refractivity contribution in [1.29, 1.82) is 0 Å². The Morgan fingerprint density at radius 3 is 2.84 bits per heavy atom. The zero-order valence-electron chi connectivity index (χ0n) is 10.8. The third-order valence-electron chi connectivity index (χ3n) is 2.91. The molecular formula is C13H17ClN2O3. The maximum Gasteiger partial charge on any atom is 0.238 e. The number of benzene rings is 1. The van der Waals surface area contributed by atoms with Gasteiger partial charge in [0.2, 0.25) is 5.91 Å². The first kappa shape index (κ1) is 14.1. The fourth-order valence-electron chi connectivity index (χ4n) is 1.91. The van der Waals surface area contributed by atoms with Crippen LogP contribution in [0.3, 0.4) is 0 Å². The molecule has 0 spiro atoms. The zero-order chi connectivity index (χ0) is 13.7. The Bertz CT molecular complexity index is 448. The maximum absolute atomic E-state index is 11.9. The van der Waals surface area contributed by atoms with Crippen molar-refractivity contribution in [2.45, 2.75) is 0 Å². The second kappa shape index (κ2) is 6.75. The Kier molecular flexibility index (Phi) is 5.01. The third kappa shape index (κ3) is 4.09. The van der Waals surface area contributed by atoms with E-state index in [2.05, 4.69) is 10.2 Å². The lowest BCUT2D eigenvalue weighted by Gasteiger charge is -2.25. The van der Waals surface area contributed by atoms with Gasteiger partial charge in [-0.1, -0.05) is 11.6 Å². The van der Waals surface area contributed by atoms with E-state index in [9.17, 15) is 4.79 Å². The Morgan fingerprint density at radius 2 is 2.21 bits per heavy atom. The lowest BCUT2D eigenvalue weighted by Crippen LogP contribution is -2.41. The lowest BCUT2D eigenvalue weighted by atomic mass is 10.3. The topological polar surface area (TPSA) is 50.8 Å². The first-order valence-electron chi connectivity index (χ1n) is 6.12. The summed E-state index contributed by atoms with van der Waals surface area (Å²) < 4.78 is 10.3. The monoisotopic (exact) mass is 284 g/mol. The number of morpholine rings is 1. The summed E-state index contributed by atoms with van der Waals surface area (Å²) >= 11 is 6.00. The molecule has 0 atom stereocenters. The maximum atomic E-state index is 11.9. The van der Waals surface area contributed by atoms with Gasteiger partial charge in [0.25, 0.3) is 0 Å². The second-order valence-electron chi connectivity index (χ2n) is 4.29. The van der Waals surface area contributed by atoms with Crippen LogP contribution in [0.5, 0.6) is 5.75 Å². The quantitative estimate of drug-likeness (QED) is 0.913. The average molecular weight is 285 g/mol. The Labute approximate surface area is 117 Å². The number of ether oxygens (including phenoxy) is 2. The highest BCUT2D eigenvalue weighted by Crippen LogP contribution is 2.27. The summed E-state index contributed by atoms with van der Waals surface area (Å²) in [4.78, 5) is 13.9. The summed E-state index contributed by atoms with van der Waals surface area (Å²) in [5.41, 5.74) is 0.670. The van der Waals surface area contributed by atoms with Crippen LogP contribution in [0, 0.1) is 0 Å². The molecule has 1 aromatic carbocycles. The van der Waals surface area contributed by atoms with Crippen LogP contribution < -0.4 is 10.1 Å². The number of nitrogens with zero attached hydrogens (tertiary/aromatic N) is 1. The van der Waals surface area contributed by atoms with Gasteiger partial charge in [0.15, 0.2) is 0 Å². The van der Waals surface area contributed by atoms with E-state index in [1.165, 1.54) is 0 Å². The Hall–Kier alpha value is -1.30. The van der Waals surface area contributed by atoms with E-state index >= 15 is 0 Å². The van der Waals surface area contributed by atoms with Gasteiger partial charge in [-0.05, 0) is 18.2 Å². The molecule has 1 fully saturated rings. The predicted octanol–water partition coefficient (Wildman–Crippen LogP) is 1.62. The van der Waals surface area contributed by atoms with E-state index in [0.717, 1.165) is 13.1 Å². The minimum absolute atomic E-state index is 0.0527. The fourth-order valence-corrected chi connectivity index (χ4v) is 2.16. The molecule has 6 heteroatoms. The van der Waals surface area contributed by atoms with Gasteiger partial charge in [-0.15, -0.1) is 0 Å². The molecule has 1 N–H and O–H groups in total. The van der Waals surface area contributed by atoms with Gasteiger partial charge in [0.05, 0.1) is 31.9 Å². The number of nitrogens with one attached hydrogen (secondary N) is 1. The number of anilines is 1. The van der Waals surface area contributed by atoms with Gasteiger partial charge in [-0.3, -0.25) is 9.69 Å². The molecule has 19 heavy (non-hydrogen) atoms. The van der Waals surface area contributed by atoms with E-state index < -0.39 is 0 Å². The number of carbonyl (C=O) groups excluding carboxylic acids is 1. The second-order valence-corrected chi connectivity index (χ2v) is 4.69. The highest BCUT2D eigenvalue weighted by atomic mass is 35.5. The first-order valence-corrected chi connectivity index (χ1v) is 6.50. The summed E-state index contributed by atoms with van der Waals surface area (Å²) in [7, 11) is 1.55. The fraction of sp³-hybridized carbons (Fsp3) is 0.462. The molecule has 104 valence electrons. The molecule has 0 radical (unpaired) electrons. The number of hydrogen-bond acceptors (Lipinski definition) is 4. The van der Waals surface area contributed by atoms with Crippen molar-refractivity contribution in [1.82, 2.24) is 4.90 Å². The molecule has 0 aromatic heterocycles. The van der Waals surface area contributed by atoms with Crippen LogP contribution in [-0.2, 0) is 9.53 Å². The Morgan fingerprint density at radius 1 is 1.47 bits per heavy atom. The van der Waals surface area contributed by atoms with Crippen LogP contribution in [-0.4, -0.2) is 50.8 Å². The molecule has 1 aliphatic heterocycles. The summed E-state index contributed by atoms with van der Waals surface area (Å²) in [6.07, 6.45) is 0. The molecule has 0 saturated carbocycles. The summed E-state index contributed by atoms with van der Waals surface area (Å²) in [5.74, 6) is 0.538. The standard InChI is InChI=1S/C13H17ClN2O3/c1-18-12-3-2-10(8-11(12)14)15-13(17)9-16-4-6-19-7-5-16/h2-3,8H,4-7,9H2,1H3,(H,15,17). The van der Waals surface area contributed by atoms with Crippen LogP contribution in [0.1, 0.15) is 0 Å². The van der Waals surface area contributed by atoms with E-state index in [1.807, 2.05) is 0 Å². The number of hydrogen-bond donors (Lipinski definition) is 1. The van der Waals surface area contributed by atoms with Gasteiger partial charge in [0, 0.05) is 18.8 Å². The number of halogens is 1. The third-order valence-corrected chi connectivity index (χ3v) is 3.20. The Balaban J connectivity index is 1.89. The molecule has 2 rings (SSSR count). The van der Waals surface area contributed by atoms with E-state index in [1.54, 1.807) is 25.3 Å². The van der Waals surface area contributed by atoms with Crippen molar-refractivity contribution >= 4 is 23.2 Å². The van der Waals surface area contributed by atoms with Gasteiger partial charge in [-0.25, -0.2) is 0 Å². The van der Waals surface area contributed by atoms with Gasteiger partial charge < -0.3 is 14.8 Å². The van der Waals surface area contributed by atoms with Crippen molar-refractivity contribution in [2.75, 3.05) is 45.3 Å². The summed E-state index contributed by atoms with van der Waals surface area (Å²) in [6.45, 7) is 3.31. The molecule has 1 saturated heterocycles. The molecule has 0 aliphatic carbocycles. The van der Waals surface area contributed by atoms with Crippen molar-refractivity contribution in [3.05, 3.63) is 23.2 Å². The molecular weight excluding hydrogens is 268 g/mol. The lowest BCUT2D eigenvalue weighted by molar-refractivity contribution is -0.118. The molecule has 1 heterocycles. The van der Waals surface area contributed by atoms with Crippen molar-refractivity contribution in [3.63, 3.8) is 0 Å². The summed E-state index contributed by atoms with van der Waals surface area (Å²) in [5, 5.41) is 3.30. The smallest absolute Gasteiger partial charge is 0.238 e. The van der Waals surface area contributed by atoms with E-state index in [-0.39, 0.29) is 5.91 Å². The largest absolute Gasteiger partial charge is 0.495 e. The summed E-state index contributed by atoms with van der Waals surface area (Å²) in [6, 6.07) is 5.17. The minimum Gasteiger partial charge on any atom is -0.495 e. The first-order chi connectivity index (χ1) is 9.19. The van der Waals surface area contributed by atoms with Crippen LogP contribution >= 0.6 is 11.6 Å². The zero-order valence-corrected chi connectivity index (χ0v) is 11.6. The normalized spacial score (nSPS) is 16.1. The van der Waals surface area contributed by atoms with E-state index in [4.69, 9.17) is 21.1 Å². The van der Waals surface area contributed by atoms with Gasteiger partial charge >= 0.3 is 0 Å². The van der Waals surface area contributed by atoms with E-state index in [0.29, 0.717) is 36.2 Å². The number of rotatable bonds is 4. The number of amides is 1. The minimum atomic E-state index is -0.0527. The SMILES string of the molecule is COc1ccc(NC(=O)CN2CCOCC2)cc1Cl. The molecule has 5 nitrogen and oxygen atoms in total. The highest BCUT2D eigenvalue weighted by Gasteiger charge is 2.14. The molecule has 0 bridgehead atoms. The van der Waals surface area contributed by atoms with Crippen LogP contribution in [0.4, 0.5) is 5.69 Å². The van der Waals surface area contributed by atoms with Crippen molar-refractivity contribution in [3.8, 4) is 5.75 Å². The molecule has 1 aliphatic rings. The van der Waals surface area contributed by atoms with Crippen LogP contribution in [0.15, 0.2) is 18.2 Å². The molecule has 0 unspecified atom stereocenters. The van der Waals surface area contributed by atoms with Crippen LogP contribution in [0.2, 0.25) is 5.02 Å².